The molecule has 1 aromatic heterocycles. The van der Waals surface area contributed by atoms with Crippen molar-refractivity contribution >= 4 is 11.3 Å². The van der Waals surface area contributed by atoms with Crippen LogP contribution in [0.4, 0.5) is 0 Å². The summed E-state index contributed by atoms with van der Waals surface area (Å²) in [6.07, 6.45) is 1.23. The number of nitrogens with zero attached hydrogens (tertiary/aromatic N) is 2. The lowest BCUT2D eigenvalue weighted by atomic mass is 10.1. The number of aliphatic hydroxyl groups is 1. The summed E-state index contributed by atoms with van der Waals surface area (Å²) in [5, 5.41) is 13.6. The molecule has 0 radical (unpaired) electrons. The summed E-state index contributed by atoms with van der Waals surface area (Å²) in [6.45, 7) is 1.57. The predicted octanol–water partition coefficient (Wildman–Crippen LogP) is 5.23. The third-order valence-electron chi connectivity index (χ3n) is 6.47. The maximum Gasteiger partial charge on any atom is 0.113 e. The summed E-state index contributed by atoms with van der Waals surface area (Å²) in [4.78, 5) is 6.98. The van der Waals surface area contributed by atoms with Gasteiger partial charge in [0, 0.05) is 18.1 Å². The Bertz CT molecular complexity index is 1140. The number of hydrogen-bond acceptors (Lipinski definition) is 6. The molecule has 0 saturated carbocycles. The van der Waals surface area contributed by atoms with Crippen molar-refractivity contribution in [3.8, 4) is 0 Å². The SMILES string of the molecule is OC[C@H]1[C@@H](OCc2ccccc2)[C@@H](OCc2ccccc2)[C@H](c2nccs2)N1Cc1ccccc1. The van der Waals surface area contributed by atoms with Gasteiger partial charge in [-0.2, -0.15) is 0 Å². The van der Waals surface area contributed by atoms with Crippen LogP contribution >= 0.6 is 11.3 Å². The van der Waals surface area contributed by atoms with Crippen LogP contribution in [0.25, 0.3) is 0 Å². The second kappa shape index (κ2) is 11.7. The van der Waals surface area contributed by atoms with Crippen molar-refractivity contribution in [3.63, 3.8) is 0 Å². The van der Waals surface area contributed by atoms with Crippen molar-refractivity contribution in [1.82, 2.24) is 9.88 Å². The van der Waals surface area contributed by atoms with E-state index in [1.807, 2.05) is 66.2 Å². The van der Waals surface area contributed by atoms with Crippen molar-refractivity contribution in [2.75, 3.05) is 6.61 Å². The van der Waals surface area contributed by atoms with E-state index in [9.17, 15) is 5.11 Å². The molecular formula is C29H30N2O3S. The lowest BCUT2D eigenvalue weighted by molar-refractivity contribution is -0.0829. The van der Waals surface area contributed by atoms with Gasteiger partial charge in [-0.05, 0) is 16.7 Å². The smallest absolute Gasteiger partial charge is 0.113 e. The first-order valence-electron chi connectivity index (χ1n) is 11.9. The zero-order chi connectivity index (χ0) is 23.9. The second-order valence-corrected chi connectivity index (χ2v) is 9.67. The van der Waals surface area contributed by atoms with Crippen molar-refractivity contribution < 1.29 is 14.6 Å². The first-order chi connectivity index (χ1) is 17.3. The number of likely N-dealkylation sites (tertiary alicyclic amines) is 1. The standard InChI is InChI=1S/C29H30N2O3S/c32-19-25-27(33-20-23-12-6-2-7-13-23)28(34-21-24-14-8-3-9-15-24)26(29-30-16-17-35-29)31(25)18-22-10-4-1-5-11-22/h1-17,25-28,32H,18-21H2/t25-,26+,27+,28-/m0/s1. The van der Waals surface area contributed by atoms with Gasteiger partial charge in [0.15, 0.2) is 0 Å². The molecule has 6 heteroatoms. The van der Waals surface area contributed by atoms with E-state index in [0.29, 0.717) is 19.8 Å². The molecule has 0 aliphatic carbocycles. The van der Waals surface area contributed by atoms with Crippen LogP contribution in [-0.4, -0.2) is 39.8 Å². The summed E-state index contributed by atoms with van der Waals surface area (Å²) < 4.78 is 13.2. The predicted molar refractivity (Wildman–Crippen MR) is 138 cm³/mol. The number of ether oxygens (including phenoxy) is 2. The fourth-order valence-electron chi connectivity index (χ4n) is 4.79. The minimum absolute atomic E-state index is 0.0284. The lowest BCUT2D eigenvalue weighted by Gasteiger charge is -2.29. The van der Waals surface area contributed by atoms with Gasteiger partial charge >= 0.3 is 0 Å². The van der Waals surface area contributed by atoms with Gasteiger partial charge < -0.3 is 14.6 Å². The summed E-state index contributed by atoms with van der Waals surface area (Å²) in [6, 6.07) is 30.3. The van der Waals surface area contributed by atoms with Gasteiger partial charge in [-0.1, -0.05) is 91.0 Å². The zero-order valence-corrected chi connectivity index (χ0v) is 20.3. The average molecular weight is 487 g/mol. The molecule has 0 bridgehead atoms. The normalized spacial score (nSPS) is 22.4. The first kappa shape index (κ1) is 23.9. The van der Waals surface area contributed by atoms with Crippen molar-refractivity contribution in [1.29, 1.82) is 0 Å². The Labute approximate surface area is 210 Å². The topological polar surface area (TPSA) is 54.8 Å². The quantitative estimate of drug-likeness (QED) is 0.333. The Morgan fingerprint density at radius 3 is 1.80 bits per heavy atom. The molecule has 5 rings (SSSR count). The molecule has 0 amide bonds. The van der Waals surface area contributed by atoms with Crippen molar-refractivity contribution in [3.05, 3.63) is 124 Å². The fraction of sp³-hybridized carbons (Fsp3) is 0.276. The Hall–Kier alpha value is -2.87. The Kier molecular flexibility index (Phi) is 7.98. The number of rotatable bonds is 10. The molecular weight excluding hydrogens is 456 g/mol. The largest absolute Gasteiger partial charge is 0.395 e. The maximum absolute atomic E-state index is 10.6. The van der Waals surface area contributed by atoms with E-state index >= 15 is 0 Å². The maximum atomic E-state index is 10.6. The molecule has 1 N–H and O–H groups in total. The van der Waals surface area contributed by atoms with Crippen LogP contribution in [0.2, 0.25) is 0 Å². The molecule has 4 atom stereocenters. The zero-order valence-electron chi connectivity index (χ0n) is 19.5. The molecule has 4 aromatic rings. The Morgan fingerprint density at radius 1 is 0.743 bits per heavy atom. The molecule has 1 saturated heterocycles. The highest BCUT2D eigenvalue weighted by atomic mass is 32.1. The van der Waals surface area contributed by atoms with Gasteiger partial charge in [0.05, 0.1) is 31.9 Å². The molecule has 1 aliphatic heterocycles. The molecule has 35 heavy (non-hydrogen) atoms. The van der Waals surface area contributed by atoms with Gasteiger partial charge in [-0.25, -0.2) is 4.98 Å². The van der Waals surface area contributed by atoms with Gasteiger partial charge in [0.25, 0.3) is 0 Å². The summed E-state index contributed by atoms with van der Waals surface area (Å²) in [5.74, 6) is 0. The number of thiazole rings is 1. The van der Waals surface area contributed by atoms with Crippen LogP contribution in [-0.2, 0) is 29.2 Å². The van der Waals surface area contributed by atoms with Crippen LogP contribution in [0.3, 0.4) is 0 Å². The van der Waals surface area contributed by atoms with Crippen LogP contribution in [0.15, 0.2) is 103 Å². The molecule has 1 aliphatic rings. The summed E-state index contributed by atoms with van der Waals surface area (Å²) in [7, 11) is 0. The van der Waals surface area contributed by atoms with Gasteiger partial charge in [0.2, 0.25) is 0 Å². The Morgan fingerprint density at radius 2 is 1.29 bits per heavy atom. The van der Waals surface area contributed by atoms with E-state index < -0.39 is 0 Å². The van der Waals surface area contributed by atoms with E-state index in [0.717, 1.165) is 16.1 Å². The van der Waals surface area contributed by atoms with E-state index in [1.54, 1.807) is 11.3 Å². The van der Waals surface area contributed by atoms with Crippen LogP contribution in [0.5, 0.6) is 0 Å². The molecule has 3 aromatic carbocycles. The molecule has 0 spiro atoms. The molecule has 1 fully saturated rings. The molecule has 5 nitrogen and oxygen atoms in total. The molecule has 180 valence electrons. The summed E-state index contributed by atoms with van der Waals surface area (Å²) >= 11 is 1.62. The highest BCUT2D eigenvalue weighted by molar-refractivity contribution is 7.09. The Balaban J connectivity index is 1.47. The van der Waals surface area contributed by atoms with E-state index in [2.05, 4.69) is 46.3 Å². The van der Waals surface area contributed by atoms with E-state index in [4.69, 9.17) is 9.47 Å². The van der Waals surface area contributed by atoms with Crippen molar-refractivity contribution in [2.45, 2.75) is 44.1 Å². The van der Waals surface area contributed by atoms with E-state index in [-0.39, 0.29) is 30.9 Å². The van der Waals surface area contributed by atoms with Crippen molar-refractivity contribution in [2.24, 2.45) is 0 Å². The highest BCUT2D eigenvalue weighted by Crippen LogP contribution is 2.42. The summed E-state index contributed by atoms with van der Waals surface area (Å²) in [5.41, 5.74) is 3.38. The second-order valence-electron chi connectivity index (χ2n) is 8.75. The minimum Gasteiger partial charge on any atom is -0.395 e. The van der Waals surface area contributed by atoms with Crippen LogP contribution in [0.1, 0.15) is 27.7 Å². The van der Waals surface area contributed by atoms with Gasteiger partial charge in [-0.15, -0.1) is 11.3 Å². The highest BCUT2D eigenvalue weighted by Gasteiger charge is 2.51. The monoisotopic (exact) mass is 486 g/mol. The third kappa shape index (κ3) is 5.69. The number of benzene rings is 3. The van der Waals surface area contributed by atoms with Crippen LogP contribution in [0, 0.1) is 0 Å². The number of aliphatic hydroxyl groups excluding tert-OH is 1. The lowest BCUT2D eigenvalue weighted by Crippen LogP contribution is -2.40. The first-order valence-corrected chi connectivity index (χ1v) is 12.8. The average Bonchev–Trinajstić information content (AvgIpc) is 3.54. The minimum atomic E-state index is -0.318. The van der Waals surface area contributed by atoms with E-state index in [1.165, 1.54) is 5.56 Å². The molecule has 0 unspecified atom stereocenters. The van der Waals surface area contributed by atoms with Crippen LogP contribution < -0.4 is 0 Å². The van der Waals surface area contributed by atoms with Gasteiger partial charge in [-0.3, -0.25) is 4.90 Å². The number of aromatic nitrogens is 1. The number of hydrogen-bond donors (Lipinski definition) is 1. The third-order valence-corrected chi connectivity index (χ3v) is 7.31. The fourth-order valence-corrected chi connectivity index (χ4v) is 5.58. The molecule has 2 heterocycles. The van der Waals surface area contributed by atoms with Gasteiger partial charge in [0.1, 0.15) is 17.2 Å².